The van der Waals surface area contributed by atoms with Crippen molar-refractivity contribution >= 4 is 17.5 Å². The molecule has 2 N–H and O–H groups in total. The van der Waals surface area contributed by atoms with Gasteiger partial charge >= 0.3 is 11.8 Å². The number of nitrogens with zero attached hydrogens (tertiary/aromatic N) is 1. The van der Waals surface area contributed by atoms with Gasteiger partial charge in [0.05, 0.1) is 0 Å². The molecule has 1 aliphatic carbocycles. The first-order valence-electron chi connectivity index (χ1n) is 8.50. The van der Waals surface area contributed by atoms with E-state index in [9.17, 15) is 14.7 Å². The summed E-state index contributed by atoms with van der Waals surface area (Å²) >= 11 is 0. The van der Waals surface area contributed by atoms with Crippen LogP contribution in [0.1, 0.15) is 45.6 Å². The Labute approximate surface area is 143 Å². The zero-order valence-corrected chi connectivity index (χ0v) is 14.8. The Kier molecular flexibility index (Phi) is 3.85. The summed E-state index contributed by atoms with van der Waals surface area (Å²) in [6, 6.07) is 4.83. The fourth-order valence-electron chi connectivity index (χ4n) is 4.79. The molecule has 2 unspecified atom stereocenters. The number of aryl methyl sites for hydroxylation is 1. The van der Waals surface area contributed by atoms with Crippen LogP contribution in [-0.4, -0.2) is 34.4 Å². The molecule has 1 saturated heterocycles. The summed E-state index contributed by atoms with van der Waals surface area (Å²) < 4.78 is 0. The minimum atomic E-state index is -0.599. The van der Waals surface area contributed by atoms with Crippen LogP contribution in [0.25, 0.3) is 0 Å². The number of rotatable bonds is 1. The van der Waals surface area contributed by atoms with E-state index in [0.29, 0.717) is 12.2 Å². The lowest BCUT2D eigenvalue weighted by molar-refractivity contribution is -0.144. The van der Waals surface area contributed by atoms with E-state index in [1.807, 2.05) is 0 Å². The third kappa shape index (κ3) is 3.12. The molecule has 2 aliphatic rings. The molecule has 1 aromatic rings. The predicted octanol–water partition coefficient (Wildman–Crippen LogP) is 3.07. The van der Waals surface area contributed by atoms with Gasteiger partial charge in [0.2, 0.25) is 0 Å². The molecule has 0 spiro atoms. The van der Waals surface area contributed by atoms with Crippen molar-refractivity contribution in [3.8, 4) is 5.75 Å². The lowest BCUT2D eigenvalue weighted by atomic mass is 9.65. The summed E-state index contributed by atoms with van der Waals surface area (Å²) in [4.78, 5) is 26.9. The number of hydrogen-bond acceptors (Lipinski definition) is 3. The Bertz CT molecular complexity index is 698. The molecular weight excluding hydrogens is 304 g/mol. The summed E-state index contributed by atoms with van der Waals surface area (Å²) in [6.07, 6.45) is 3.01. The van der Waals surface area contributed by atoms with Crippen LogP contribution in [0.15, 0.2) is 18.2 Å². The summed E-state index contributed by atoms with van der Waals surface area (Å²) in [6.45, 7) is 9.14. The maximum absolute atomic E-state index is 12.7. The number of anilines is 1. The molecule has 1 aromatic carbocycles. The number of phenolic OH excluding ortho intramolecular Hbond substituents is 1. The number of carbonyl (C=O) groups is 2. The Morgan fingerprint density at radius 2 is 1.96 bits per heavy atom. The third-order valence-electron chi connectivity index (χ3n) is 5.33. The fourth-order valence-corrected chi connectivity index (χ4v) is 4.79. The highest BCUT2D eigenvalue weighted by Crippen LogP contribution is 2.52. The van der Waals surface area contributed by atoms with Crippen LogP contribution in [0.3, 0.4) is 0 Å². The third-order valence-corrected chi connectivity index (χ3v) is 5.33. The number of benzene rings is 1. The second-order valence-corrected chi connectivity index (χ2v) is 8.60. The number of nitrogens with one attached hydrogen (secondary N) is 1. The molecule has 5 heteroatoms. The first kappa shape index (κ1) is 16.8. The van der Waals surface area contributed by atoms with Gasteiger partial charge in [-0.15, -0.1) is 0 Å². The van der Waals surface area contributed by atoms with Gasteiger partial charge in [-0.2, -0.15) is 0 Å². The number of carbonyl (C=O) groups excluding carboxylic acids is 2. The highest BCUT2D eigenvalue weighted by atomic mass is 16.3. The molecule has 2 amide bonds. The van der Waals surface area contributed by atoms with E-state index in [1.165, 1.54) is 6.07 Å². The molecule has 2 fully saturated rings. The van der Waals surface area contributed by atoms with Crippen LogP contribution in [0.5, 0.6) is 5.75 Å². The first-order chi connectivity index (χ1) is 11.1. The molecule has 1 aliphatic heterocycles. The Balaban J connectivity index is 1.74. The SMILES string of the molecule is Cc1cc(O)ccc1NC(=O)C(=O)N1CC2(C)CC1CC(C)(C)C2. The molecule has 2 atom stereocenters. The van der Waals surface area contributed by atoms with E-state index < -0.39 is 11.8 Å². The number of hydrogen-bond donors (Lipinski definition) is 2. The van der Waals surface area contributed by atoms with Gasteiger partial charge in [0.25, 0.3) is 0 Å². The van der Waals surface area contributed by atoms with E-state index in [2.05, 4.69) is 26.1 Å². The molecule has 5 nitrogen and oxygen atoms in total. The average molecular weight is 330 g/mol. The molecule has 2 bridgehead atoms. The molecule has 1 heterocycles. The predicted molar refractivity (Wildman–Crippen MR) is 92.7 cm³/mol. The minimum absolute atomic E-state index is 0.108. The fraction of sp³-hybridized carbons (Fsp3) is 0.579. The van der Waals surface area contributed by atoms with Gasteiger partial charge in [-0.05, 0) is 60.8 Å². The van der Waals surface area contributed by atoms with Crippen molar-refractivity contribution in [2.75, 3.05) is 11.9 Å². The topological polar surface area (TPSA) is 69.6 Å². The van der Waals surface area contributed by atoms with Crippen molar-refractivity contribution in [3.05, 3.63) is 23.8 Å². The van der Waals surface area contributed by atoms with Crippen LogP contribution in [-0.2, 0) is 9.59 Å². The van der Waals surface area contributed by atoms with E-state index in [0.717, 1.165) is 24.8 Å². The Morgan fingerprint density at radius 3 is 2.62 bits per heavy atom. The van der Waals surface area contributed by atoms with Crippen molar-refractivity contribution in [1.29, 1.82) is 0 Å². The number of phenols is 1. The standard InChI is InChI=1S/C19H26N2O3/c1-12-7-14(22)5-6-15(12)20-16(23)17(24)21-11-19(4)9-13(21)8-18(2,3)10-19/h5-7,13,22H,8-11H2,1-4H3,(H,20,23). The Morgan fingerprint density at radius 1 is 1.25 bits per heavy atom. The van der Waals surface area contributed by atoms with Crippen LogP contribution in [0.2, 0.25) is 0 Å². The van der Waals surface area contributed by atoms with Crippen molar-refractivity contribution in [2.45, 2.75) is 53.0 Å². The Hall–Kier alpha value is -2.04. The molecule has 0 aromatic heterocycles. The van der Waals surface area contributed by atoms with E-state index in [1.54, 1.807) is 24.0 Å². The highest BCUT2D eigenvalue weighted by Gasteiger charge is 2.51. The van der Waals surface area contributed by atoms with E-state index in [-0.39, 0.29) is 22.6 Å². The maximum atomic E-state index is 12.7. The van der Waals surface area contributed by atoms with Crippen molar-refractivity contribution < 1.29 is 14.7 Å². The summed E-state index contributed by atoms with van der Waals surface area (Å²) in [5, 5.41) is 12.1. The smallest absolute Gasteiger partial charge is 0.313 e. The zero-order chi connectivity index (χ0) is 17.7. The van der Waals surface area contributed by atoms with Gasteiger partial charge in [-0.25, -0.2) is 0 Å². The minimum Gasteiger partial charge on any atom is -0.508 e. The quantitative estimate of drug-likeness (QED) is 0.614. The van der Waals surface area contributed by atoms with Gasteiger partial charge < -0.3 is 15.3 Å². The average Bonchev–Trinajstić information content (AvgIpc) is 2.70. The maximum Gasteiger partial charge on any atom is 0.313 e. The van der Waals surface area contributed by atoms with Crippen molar-refractivity contribution in [1.82, 2.24) is 4.90 Å². The van der Waals surface area contributed by atoms with Crippen molar-refractivity contribution in [2.24, 2.45) is 10.8 Å². The van der Waals surface area contributed by atoms with Gasteiger partial charge in [0.1, 0.15) is 5.75 Å². The summed E-state index contributed by atoms with van der Waals surface area (Å²) in [5.74, 6) is -0.910. The van der Waals surface area contributed by atoms with Crippen molar-refractivity contribution in [3.63, 3.8) is 0 Å². The number of likely N-dealkylation sites (tertiary alicyclic amines) is 1. The van der Waals surface area contributed by atoms with Crippen LogP contribution < -0.4 is 5.32 Å². The second kappa shape index (κ2) is 5.50. The van der Waals surface area contributed by atoms with E-state index >= 15 is 0 Å². The lowest BCUT2D eigenvalue weighted by Gasteiger charge is -2.39. The molecule has 3 rings (SSSR count). The van der Waals surface area contributed by atoms with Crippen LogP contribution in [0, 0.1) is 17.8 Å². The number of amides is 2. The number of fused-ring (bicyclic) bond motifs is 2. The van der Waals surface area contributed by atoms with Crippen LogP contribution >= 0.6 is 0 Å². The molecule has 130 valence electrons. The van der Waals surface area contributed by atoms with Gasteiger partial charge in [-0.1, -0.05) is 20.8 Å². The molecule has 0 radical (unpaired) electrons. The van der Waals surface area contributed by atoms with Gasteiger partial charge in [-0.3, -0.25) is 9.59 Å². The normalized spacial score (nSPS) is 27.8. The molecular formula is C19H26N2O3. The summed E-state index contributed by atoms with van der Waals surface area (Å²) in [5.41, 5.74) is 1.59. The lowest BCUT2D eigenvalue weighted by Crippen LogP contribution is -2.43. The van der Waals surface area contributed by atoms with Gasteiger partial charge in [0.15, 0.2) is 0 Å². The zero-order valence-electron chi connectivity index (χ0n) is 14.8. The highest BCUT2D eigenvalue weighted by molar-refractivity contribution is 6.39. The van der Waals surface area contributed by atoms with Crippen LogP contribution in [0.4, 0.5) is 5.69 Å². The molecule has 24 heavy (non-hydrogen) atoms. The summed E-state index contributed by atoms with van der Waals surface area (Å²) in [7, 11) is 0. The van der Waals surface area contributed by atoms with Gasteiger partial charge in [0, 0.05) is 18.3 Å². The largest absolute Gasteiger partial charge is 0.508 e. The van der Waals surface area contributed by atoms with E-state index in [4.69, 9.17) is 0 Å². The second-order valence-electron chi connectivity index (χ2n) is 8.60. The molecule has 1 saturated carbocycles. The number of aromatic hydroxyl groups is 1. The first-order valence-corrected chi connectivity index (χ1v) is 8.50. The monoisotopic (exact) mass is 330 g/mol.